The summed E-state index contributed by atoms with van der Waals surface area (Å²) in [6.45, 7) is 2.29. The number of carbonyl (C=O) groups is 1. The van der Waals surface area contributed by atoms with Gasteiger partial charge in [-0.05, 0) is 36.6 Å². The van der Waals surface area contributed by atoms with Crippen molar-refractivity contribution in [1.82, 2.24) is 10.5 Å². The Labute approximate surface area is 174 Å². The standard InChI is InChI=1S/C24H23N3O3/c1-16-12-13-20(29-16)22-21(23(25)30-27-22)24(28)26-15-14-19(17-8-4-2-5-9-17)18-10-6-3-7-11-18/h2-13,19H,14-15,25H2,1H3,(H,26,28). The summed E-state index contributed by atoms with van der Waals surface area (Å²) < 4.78 is 10.6. The van der Waals surface area contributed by atoms with Crippen molar-refractivity contribution < 1.29 is 13.7 Å². The van der Waals surface area contributed by atoms with E-state index in [-0.39, 0.29) is 23.3 Å². The predicted molar refractivity (Wildman–Crippen MR) is 115 cm³/mol. The van der Waals surface area contributed by atoms with Crippen molar-refractivity contribution in [3.8, 4) is 11.5 Å². The first-order valence-electron chi connectivity index (χ1n) is 9.83. The molecule has 152 valence electrons. The zero-order valence-electron chi connectivity index (χ0n) is 16.7. The van der Waals surface area contributed by atoms with Gasteiger partial charge >= 0.3 is 0 Å². The second-order valence-electron chi connectivity index (χ2n) is 7.10. The van der Waals surface area contributed by atoms with Crippen LogP contribution in [0.1, 0.15) is 39.6 Å². The van der Waals surface area contributed by atoms with Crippen LogP contribution in [0.4, 0.5) is 5.88 Å². The fraction of sp³-hybridized carbons (Fsp3) is 0.167. The van der Waals surface area contributed by atoms with E-state index < -0.39 is 0 Å². The molecule has 0 saturated heterocycles. The van der Waals surface area contributed by atoms with E-state index in [1.807, 2.05) is 43.3 Å². The average molecular weight is 401 g/mol. The molecule has 1 amide bonds. The lowest BCUT2D eigenvalue weighted by molar-refractivity contribution is 0.0953. The number of furan rings is 1. The zero-order valence-corrected chi connectivity index (χ0v) is 16.7. The van der Waals surface area contributed by atoms with Gasteiger partial charge in [0.25, 0.3) is 5.91 Å². The number of nitrogens with one attached hydrogen (secondary N) is 1. The fourth-order valence-electron chi connectivity index (χ4n) is 3.57. The molecule has 0 spiro atoms. The van der Waals surface area contributed by atoms with E-state index in [0.717, 1.165) is 6.42 Å². The minimum Gasteiger partial charge on any atom is -0.460 e. The lowest BCUT2D eigenvalue weighted by Gasteiger charge is -2.18. The Hall–Kier alpha value is -3.80. The summed E-state index contributed by atoms with van der Waals surface area (Å²) in [6, 6.07) is 24.1. The van der Waals surface area contributed by atoms with E-state index in [4.69, 9.17) is 14.7 Å². The number of nitrogens with two attached hydrogens (primary N) is 1. The van der Waals surface area contributed by atoms with Crippen molar-refractivity contribution >= 4 is 11.8 Å². The SMILES string of the molecule is Cc1ccc(-c2noc(N)c2C(=O)NCCC(c2ccccc2)c2ccccc2)o1. The van der Waals surface area contributed by atoms with Crippen LogP contribution in [0.25, 0.3) is 11.5 Å². The third kappa shape index (κ3) is 4.12. The molecule has 3 N–H and O–H groups in total. The quantitative estimate of drug-likeness (QED) is 0.465. The molecule has 0 unspecified atom stereocenters. The van der Waals surface area contributed by atoms with E-state index in [9.17, 15) is 4.79 Å². The number of anilines is 1. The van der Waals surface area contributed by atoms with Gasteiger partial charge in [-0.15, -0.1) is 0 Å². The van der Waals surface area contributed by atoms with Crippen molar-refractivity contribution in [1.29, 1.82) is 0 Å². The third-order valence-electron chi connectivity index (χ3n) is 5.04. The highest BCUT2D eigenvalue weighted by Crippen LogP contribution is 2.29. The molecule has 4 aromatic rings. The third-order valence-corrected chi connectivity index (χ3v) is 5.04. The van der Waals surface area contributed by atoms with Crippen LogP contribution in [0.15, 0.2) is 81.7 Å². The summed E-state index contributed by atoms with van der Waals surface area (Å²) >= 11 is 0. The van der Waals surface area contributed by atoms with Crippen LogP contribution >= 0.6 is 0 Å². The number of rotatable bonds is 7. The van der Waals surface area contributed by atoms with E-state index in [1.165, 1.54) is 11.1 Å². The molecule has 0 aliphatic carbocycles. The lowest BCUT2D eigenvalue weighted by Crippen LogP contribution is -2.26. The van der Waals surface area contributed by atoms with Crippen LogP contribution in [-0.2, 0) is 0 Å². The lowest BCUT2D eigenvalue weighted by atomic mass is 9.88. The number of carbonyl (C=O) groups excluding carboxylic acids is 1. The summed E-state index contributed by atoms with van der Waals surface area (Å²) in [5.74, 6) is 0.965. The predicted octanol–water partition coefficient (Wildman–Crippen LogP) is 4.78. The summed E-state index contributed by atoms with van der Waals surface area (Å²) in [6.07, 6.45) is 0.736. The molecular weight excluding hydrogens is 378 g/mol. The maximum atomic E-state index is 12.8. The highest BCUT2D eigenvalue weighted by Gasteiger charge is 2.24. The van der Waals surface area contributed by atoms with Crippen molar-refractivity contribution in [2.45, 2.75) is 19.3 Å². The molecule has 6 heteroatoms. The Morgan fingerprint density at radius 3 is 2.20 bits per heavy atom. The molecule has 0 atom stereocenters. The van der Waals surface area contributed by atoms with Crippen LogP contribution in [-0.4, -0.2) is 17.6 Å². The molecule has 4 rings (SSSR count). The molecular formula is C24H23N3O3. The van der Waals surface area contributed by atoms with Crippen LogP contribution in [0.5, 0.6) is 0 Å². The number of benzene rings is 2. The summed E-state index contributed by atoms with van der Waals surface area (Å²) in [5.41, 5.74) is 8.78. The number of amides is 1. The van der Waals surface area contributed by atoms with Gasteiger partial charge in [0.2, 0.25) is 5.88 Å². The first kappa shape index (κ1) is 19.5. The Kier molecular flexibility index (Phi) is 5.66. The molecule has 0 bridgehead atoms. The molecule has 2 aromatic heterocycles. The van der Waals surface area contributed by atoms with E-state index >= 15 is 0 Å². The summed E-state index contributed by atoms with van der Waals surface area (Å²) in [4.78, 5) is 12.8. The molecule has 0 saturated carbocycles. The highest BCUT2D eigenvalue weighted by molar-refractivity contribution is 6.03. The van der Waals surface area contributed by atoms with Crippen molar-refractivity contribution in [2.24, 2.45) is 0 Å². The Balaban J connectivity index is 1.49. The van der Waals surface area contributed by atoms with Gasteiger partial charge in [-0.1, -0.05) is 65.8 Å². The monoisotopic (exact) mass is 401 g/mol. The number of nitrogen functional groups attached to an aromatic ring is 1. The number of hydrogen-bond acceptors (Lipinski definition) is 5. The first-order valence-corrected chi connectivity index (χ1v) is 9.83. The number of aromatic nitrogens is 1. The molecule has 2 heterocycles. The van der Waals surface area contributed by atoms with Crippen molar-refractivity contribution in [3.63, 3.8) is 0 Å². The van der Waals surface area contributed by atoms with Gasteiger partial charge in [-0.3, -0.25) is 4.79 Å². The Morgan fingerprint density at radius 2 is 1.63 bits per heavy atom. The molecule has 0 fully saturated rings. The first-order chi connectivity index (χ1) is 14.6. The fourth-order valence-corrected chi connectivity index (χ4v) is 3.57. The van der Waals surface area contributed by atoms with Gasteiger partial charge in [-0.25, -0.2) is 0 Å². The number of aryl methyl sites for hydroxylation is 1. The Morgan fingerprint density at radius 1 is 1.00 bits per heavy atom. The van der Waals surface area contributed by atoms with E-state index in [0.29, 0.717) is 23.8 Å². The molecule has 0 aliphatic rings. The maximum Gasteiger partial charge on any atom is 0.259 e. The van der Waals surface area contributed by atoms with Gasteiger partial charge in [0.1, 0.15) is 11.3 Å². The van der Waals surface area contributed by atoms with Gasteiger partial charge in [0.05, 0.1) is 0 Å². The van der Waals surface area contributed by atoms with Crippen LogP contribution in [0.2, 0.25) is 0 Å². The van der Waals surface area contributed by atoms with Gasteiger partial charge < -0.3 is 20.0 Å². The van der Waals surface area contributed by atoms with E-state index in [2.05, 4.69) is 34.7 Å². The Bertz CT molecular complexity index is 1080. The average Bonchev–Trinajstić information content (AvgIpc) is 3.37. The van der Waals surface area contributed by atoms with Gasteiger partial charge in [0.15, 0.2) is 11.5 Å². The topological polar surface area (TPSA) is 94.3 Å². The van der Waals surface area contributed by atoms with Crippen molar-refractivity contribution in [2.75, 3.05) is 12.3 Å². The summed E-state index contributed by atoms with van der Waals surface area (Å²) in [5, 5.41) is 6.86. The second-order valence-corrected chi connectivity index (χ2v) is 7.10. The van der Waals surface area contributed by atoms with Crippen molar-refractivity contribution in [3.05, 3.63) is 95.2 Å². The van der Waals surface area contributed by atoms with E-state index in [1.54, 1.807) is 12.1 Å². The largest absolute Gasteiger partial charge is 0.460 e. The normalized spacial score (nSPS) is 11.0. The number of hydrogen-bond donors (Lipinski definition) is 2. The molecule has 6 nitrogen and oxygen atoms in total. The molecule has 30 heavy (non-hydrogen) atoms. The highest BCUT2D eigenvalue weighted by atomic mass is 16.5. The molecule has 2 aromatic carbocycles. The summed E-state index contributed by atoms with van der Waals surface area (Å²) in [7, 11) is 0. The van der Waals surface area contributed by atoms with Crippen LogP contribution < -0.4 is 11.1 Å². The number of nitrogens with zero attached hydrogens (tertiary/aromatic N) is 1. The maximum absolute atomic E-state index is 12.8. The van der Waals surface area contributed by atoms with Gasteiger partial charge in [-0.2, -0.15) is 0 Å². The van der Waals surface area contributed by atoms with Crippen LogP contribution in [0, 0.1) is 6.92 Å². The second kappa shape index (κ2) is 8.69. The smallest absolute Gasteiger partial charge is 0.259 e. The van der Waals surface area contributed by atoms with Gasteiger partial charge in [0, 0.05) is 12.5 Å². The molecule has 0 aliphatic heterocycles. The van der Waals surface area contributed by atoms with Crippen LogP contribution in [0.3, 0.4) is 0 Å². The minimum absolute atomic E-state index is 0.0285. The zero-order chi connectivity index (χ0) is 20.9. The minimum atomic E-state index is -0.335. The molecule has 0 radical (unpaired) electrons.